The van der Waals surface area contributed by atoms with Crippen LogP contribution in [0, 0.1) is 11.6 Å². The molecule has 1 unspecified atom stereocenters. The highest BCUT2D eigenvalue weighted by Crippen LogP contribution is 2.13. The molecule has 0 heterocycles. The Hall–Kier alpha value is -1.29. The van der Waals surface area contributed by atoms with Crippen molar-refractivity contribution in [2.24, 2.45) is 5.73 Å². The van der Waals surface area contributed by atoms with E-state index in [2.05, 4.69) is 0 Å². The number of hydrogen-bond acceptors (Lipinski definition) is 2. The Bertz CT molecular complexity index is 379. The number of rotatable bonds is 5. The quantitative estimate of drug-likeness (QED) is 0.786. The number of benzene rings is 1. The van der Waals surface area contributed by atoms with Gasteiger partial charge in [0.25, 0.3) is 0 Å². The number of hydrogen-bond donors (Lipinski definition) is 1. The van der Waals surface area contributed by atoms with E-state index < -0.39 is 23.5 Å². The molecule has 0 saturated heterocycles. The lowest BCUT2D eigenvalue weighted by atomic mass is 10.00. The minimum atomic E-state index is -0.753. The molecule has 2 N–H and O–H groups in total. The summed E-state index contributed by atoms with van der Waals surface area (Å²) < 4.78 is 26.1. The van der Waals surface area contributed by atoms with E-state index in [1.807, 2.05) is 6.92 Å². The van der Waals surface area contributed by atoms with Gasteiger partial charge in [-0.05, 0) is 24.6 Å². The lowest BCUT2D eigenvalue weighted by Gasteiger charge is -2.10. The third-order valence-corrected chi connectivity index (χ3v) is 2.40. The SMILES string of the molecule is CCCCC(N)C(=O)c1cc(F)ccc1F. The van der Waals surface area contributed by atoms with E-state index in [1.165, 1.54) is 0 Å². The van der Waals surface area contributed by atoms with Crippen LogP contribution in [0.2, 0.25) is 0 Å². The van der Waals surface area contributed by atoms with Crippen molar-refractivity contribution in [3.05, 3.63) is 35.4 Å². The van der Waals surface area contributed by atoms with Crippen LogP contribution in [0.25, 0.3) is 0 Å². The lowest BCUT2D eigenvalue weighted by Crippen LogP contribution is -2.31. The number of ketones is 1. The number of unbranched alkanes of at least 4 members (excludes halogenated alkanes) is 1. The summed E-state index contributed by atoms with van der Waals surface area (Å²) in [4.78, 5) is 11.7. The van der Waals surface area contributed by atoms with Crippen LogP contribution in [0.15, 0.2) is 18.2 Å². The monoisotopic (exact) mass is 227 g/mol. The van der Waals surface area contributed by atoms with Gasteiger partial charge in [-0.15, -0.1) is 0 Å². The molecule has 1 rings (SSSR count). The van der Waals surface area contributed by atoms with Crippen LogP contribution in [-0.4, -0.2) is 11.8 Å². The normalized spacial score (nSPS) is 12.5. The van der Waals surface area contributed by atoms with Crippen molar-refractivity contribution in [3.8, 4) is 0 Å². The Morgan fingerprint density at radius 3 is 2.75 bits per heavy atom. The van der Waals surface area contributed by atoms with E-state index >= 15 is 0 Å². The largest absolute Gasteiger partial charge is 0.321 e. The Balaban J connectivity index is 2.83. The second kappa shape index (κ2) is 5.70. The van der Waals surface area contributed by atoms with E-state index in [1.54, 1.807) is 0 Å². The number of nitrogens with two attached hydrogens (primary N) is 1. The highest BCUT2D eigenvalue weighted by Gasteiger charge is 2.19. The molecule has 0 aliphatic rings. The van der Waals surface area contributed by atoms with Crippen molar-refractivity contribution in [2.45, 2.75) is 32.2 Å². The van der Waals surface area contributed by atoms with Crippen LogP contribution in [0.1, 0.15) is 36.5 Å². The molecule has 0 spiro atoms. The smallest absolute Gasteiger partial charge is 0.182 e. The van der Waals surface area contributed by atoms with Gasteiger partial charge in [-0.25, -0.2) is 8.78 Å². The third-order valence-electron chi connectivity index (χ3n) is 2.40. The maximum Gasteiger partial charge on any atom is 0.182 e. The zero-order valence-corrected chi connectivity index (χ0v) is 9.17. The summed E-state index contributed by atoms with van der Waals surface area (Å²) in [5.74, 6) is -1.89. The van der Waals surface area contributed by atoms with Crippen LogP contribution in [0.3, 0.4) is 0 Å². The zero-order chi connectivity index (χ0) is 12.1. The van der Waals surface area contributed by atoms with Gasteiger partial charge in [0.05, 0.1) is 11.6 Å². The standard InChI is InChI=1S/C12H15F2NO/c1-2-3-4-11(15)12(16)9-7-8(13)5-6-10(9)14/h5-7,11H,2-4,15H2,1H3. The van der Waals surface area contributed by atoms with E-state index in [-0.39, 0.29) is 5.56 Å². The van der Waals surface area contributed by atoms with Crippen LogP contribution in [0.4, 0.5) is 8.78 Å². The topological polar surface area (TPSA) is 43.1 Å². The first kappa shape index (κ1) is 12.8. The summed E-state index contributed by atoms with van der Waals surface area (Å²) in [7, 11) is 0. The van der Waals surface area contributed by atoms with Gasteiger partial charge in [-0.2, -0.15) is 0 Å². The van der Waals surface area contributed by atoms with Crippen molar-refractivity contribution in [3.63, 3.8) is 0 Å². The maximum absolute atomic E-state index is 13.3. The first-order valence-electron chi connectivity index (χ1n) is 5.31. The fourth-order valence-electron chi connectivity index (χ4n) is 1.44. The van der Waals surface area contributed by atoms with Crippen LogP contribution >= 0.6 is 0 Å². The molecule has 0 saturated carbocycles. The maximum atomic E-state index is 13.3. The molecule has 0 bridgehead atoms. The van der Waals surface area contributed by atoms with Gasteiger partial charge in [0, 0.05) is 0 Å². The summed E-state index contributed by atoms with van der Waals surface area (Å²) in [6, 6.07) is 2.05. The molecule has 0 aliphatic heterocycles. The second-order valence-corrected chi connectivity index (χ2v) is 3.74. The minimum Gasteiger partial charge on any atom is -0.321 e. The summed E-state index contributed by atoms with van der Waals surface area (Å²) in [6.07, 6.45) is 2.20. The number of halogens is 2. The van der Waals surface area contributed by atoms with E-state index in [9.17, 15) is 13.6 Å². The van der Waals surface area contributed by atoms with Gasteiger partial charge < -0.3 is 5.73 Å². The fraction of sp³-hybridized carbons (Fsp3) is 0.417. The minimum absolute atomic E-state index is 0.261. The third kappa shape index (κ3) is 3.10. The number of carbonyl (C=O) groups excluding carboxylic acids is 1. The van der Waals surface area contributed by atoms with E-state index in [4.69, 9.17) is 5.73 Å². The van der Waals surface area contributed by atoms with Gasteiger partial charge in [0.2, 0.25) is 0 Å². The first-order chi connectivity index (χ1) is 7.56. The Morgan fingerprint density at radius 2 is 2.12 bits per heavy atom. The highest BCUT2D eigenvalue weighted by molar-refractivity contribution is 6.00. The molecule has 0 fully saturated rings. The Labute approximate surface area is 93.5 Å². The molecule has 16 heavy (non-hydrogen) atoms. The lowest BCUT2D eigenvalue weighted by molar-refractivity contribution is 0.0951. The van der Waals surface area contributed by atoms with Gasteiger partial charge >= 0.3 is 0 Å². The van der Waals surface area contributed by atoms with Gasteiger partial charge in [0.1, 0.15) is 11.6 Å². The van der Waals surface area contributed by atoms with Crippen LogP contribution in [-0.2, 0) is 0 Å². The summed E-state index contributed by atoms with van der Waals surface area (Å²) in [5, 5.41) is 0. The molecule has 0 aliphatic carbocycles. The summed E-state index contributed by atoms with van der Waals surface area (Å²) in [6.45, 7) is 1.97. The molecule has 0 aromatic heterocycles. The molecule has 88 valence electrons. The number of Topliss-reactive ketones (excluding diaryl/α,β-unsaturated/α-hetero) is 1. The van der Waals surface area contributed by atoms with E-state index in [0.29, 0.717) is 6.42 Å². The van der Waals surface area contributed by atoms with Crippen LogP contribution < -0.4 is 5.73 Å². The summed E-state index contributed by atoms with van der Waals surface area (Å²) in [5.41, 5.74) is 5.36. The first-order valence-corrected chi connectivity index (χ1v) is 5.31. The average Bonchev–Trinajstić information content (AvgIpc) is 2.28. The molecule has 0 amide bonds. The molecular formula is C12H15F2NO. The highest BCUT2D eigenvalue weighted by atomic mass is 19.1. The molecule has 1 aromatic rings. The van der Waals surface area contributed by atoms with Gasteiger partial charge in [-0.1, -0.05) is 19.8 Å². The predicted molar refractivity (Wildman–Crippen MR) is 58.2 cm³/mol. The molecule has 4 heteroatoms. The Kier molecular flexibility index (Phi) is 4.55. The molecular weight excluding hydrogens is 212 g/mol. The van der Waals surface area contributed by atoms with Gasteiger partial charge in [0.15, 0.2) is 5.78 Å². The number of carbonyl (C=O) groups is 1. The summed E-state index contributed by atoms with van der Waals surface area (Å²) >= 11 is 0. The Morgan fingerprint density at radius 1 is 1.44 bits per heavy atom. The van der Waals surface area contributed by atoms with Crippen molar-refractivity contribution < 1.29 is 13.6 Å². The van der Waals surface area contributed by atoms with Crippen molar-refractivity contribution >= 4 is 5.78 Å². The zero-order valence-electron chi connectivity index (χ0n) is 9.17. The predicted octanol–water partition coefficient (Wildman–Crippen LogP) is 2.67. The van der Waals surface area contributed by atoms with Crippen molar-refractivity contribution in [2.75, 3.05) is 0 Å². The molecule has 1 aromatic carbocycles. The molecule has 2 nitrogen and oxygen atoms in total. The van der Waals surface area contributed by atoms with Crippen LogP contribution in [0.5, 0.6) is 0 Å². The van der Waals surface area contributed by atoms with Crippen molar-refractivity contribution in [1.29, 1.82) is 0 Å². The fourth-order valence-corrected chi connectivity index (χ4v) is 1.44. The van der Waals surface area contributed by atoms with Crippen molar-refractivity contribution in [1.82, 2.24) is 0 Å². The molecule has 1 atom stereocenters. The van der Waals surface area contributed by atoms with E-state index in [0.717, 1.165) is 31.0 Å². The average molecular weight is 227 g/mol. The van der Waals surface area contributed by atoms with Gasteiger partial charge in [-0.3, -0.25) is 4.79 Å². The second-order valence-electron chi connectivity index (χ2n) is 3.74. The molecule has 0 radical (unpaired) electrons.